The van der Waals surface area contributed by atoms with Crippen LogP contribution in [0.3, 0.4) is 0 Å². The molecule has 2 atom stereocenters. The highest BCUT2D eigenvalue weighted by Gasteiger charge is 2.34. The molecule has 1 fully saturated rings. The third kappa shape index (κ3) is 4.03. The normalized spacial score (nSPS) is 23.2. The van der Waals surface area contributed by atoms with Crippen molar-refractivity contribution in [2.24, 2.45) is 11.5 Å². The summed E-state index contributed by atoms with van der Waals surface area (Å²) in [6.45, 7) is 5.43. The number of hydrogen-bond donors (Lipinski definition) is 2. The Morgan fingerprint density at radius 3 is 2.81 bits per heavy atom. The van der Waals surface area contributed by atoms with E-state index in [1.54, 1.807) is 0 Å². The second kappa shape index (κ2) is 7.02. The molecule has 1 amide bonds. The third-order valence-electron chi connectivity index (χ3n) is 4.09. The van der Waals surface area contributed by atoms with E-state index in [1.807, 2.05) is 30.3 Å². The second-order valence-electron chi connectivity index (χ2n) is 5.79. The van der Waals surface area contributed by atoms with E-state index in [4.69, 9.17) is 16.2 Å². The van der Waals surface area contributed by atoms with Gasteiger partial charge in [0.15, 0.2) is 0 Å². The maximum atomic E-state index is 11.9. The average Bonchev–Trinajstić information content (AvgIpc) is 2.69. The summed E-state index contributed by atoms with van der Waals surface area (Å²) in [6.07, 6.45) is 1.73. The zero-order valence-corrected chi connectivity index (χ0v) is 12.6. The van der Waals surface area contributed by atoms with Crippen LogP contribution in [0.5, 0.6) is 0 Å². The molecule has 0 bridgehead atoms. The van der Waals surface area contributed by atoms with Gasteiger partial charge >= 0.3 is 0 Å². The fraction of sp³-hybridized carbons (Fsp3) is 0.562. The molecule has 5 heteroatoms. The SMILES string of the molecule is CC1CN(CCC(N)(C(N)=O)c2ccccc2)CCCO1. The standard InChI is InChI=1S/C16H25N3O2/c1-13-12-19(9-5-11-21-13)10-8-16(18,15(17)20)14-6-3-2-4-7-14/h2-4,6-7,13H,5,8-12,18H2,1H3,(H2,17,20). The Bertz CT molecular complexity index is 466. The van der Waals surface area contributed by atoms with Crippen LogP contribution >= 0.6 is 0 Å². The van der Waals surface area contributed by atoms with Gasteiger partial charge in [-0.1, -0.05) is 30.3 Å². The van der Waals surface area contributed by atoms with Gasteiger partial charge in [0.2, 0.25) is 5.91 Å². The average molecular weight is 291 g/mol. The molecule has 116 valence electrons. The zero-order chi connectivity index (χ0) is 15.3. The van der Waals surface area contributed by atoms with E-state index in [1.165, 1.54) is 0 Å². The summed E-state index contributed by atoms with van der Waals surface area (Å²) >= 11 is 0. The van der Waals surface area contributed by atoms with Crippen LogP contribution in [0.25, 0.3) is 0 Å². The van der Waals surface area contributed by atoms with Crippen LogP contribution in [0.4, 0.5) is 0 Å². The minimum Gasteiger partial charge on any atom is -0.377 e. The smallest absolute Gasteiger partial charge is 0.242 e. The van der Waals surface area contributed by atoms with Crippen LogP contribution < -0.4 is 11.5 Å². The molecule has 1 aromatic carbocycles. The van der Waals surface area contributed by atoms with Crippen molar-refractivity contribution in [2.75, 3.05) is 26.2 Å². The first-order valence-electron chi connectivity index (χ1n) is 7.50. The molecule has 1 aliphatic heterocycles. The molecule has 0 spiro atoms. The summed E-state index contributed by atoms with van der Waals surface area (Å²) in [5.41, 5.74) is 11.6. The highest BCUT2D eigenvalue weighted by Crippen LogP contribution is 2.22. The molecular weight excluding hydrogens is 266 g/mol. The summed E-state index contributed by atoms with van der Waals surface area (Å²) in [7, 11) is 0. The lowest BCUT2D eigenvalue weighted by Gasteiger charge is -2.30. The van der Waals surface area contributed by atoms with Crippen LogP contribution in [0.15, 0.2) is 30.3 Å². The lowest BCUT2D eigenvalue weighted by molar-refractivity contribution is -0.123. The van der Waals surface area contributed by atoms with Gasteiger partial charge in [0.1, 0.15) is 5.54 Å². The first-order chi connectivity index (χ1) is 10.0. The number of hydrogen-bond acceptors (Lipinski definition) is 4. The van der Waals surface area contributed by atoms with Gasteiger partial charge in [-0.3, -0.25) is 4.79 Å². The van der Waals surface area contributed by atoms with Gasteiger partial charge in [0.05, 0.1) is 6.10 Å². The van der Waals surface area contributed by atoms with E-state index in [2.05, 4.69) is 11.8 Å². The van der Waals surface area contributed by atoms with Gasteiger partial charge in [-0.05, 0) is 25.3 Å². The van der Waals surface area contributed by atoms with E-state index < -0.39 is 11.4 Å². The summed E-state index contributed by atoms with van der Waals surface area (Å²) in [6, 6.07) is 9.38. The Morgan fingerprint density at radius 2 is 2.14 bits per heavy atom. The van der Waals surface area contributed by atoms with Crippen molar-refractivity contribution in [3.8, 4) is 0 Å². The molecule has 4 N–H and O–H groups in total. The van der Waals surface area contributed by atoms with Crippen molar-refractivity contribution < 1.29 is 9.53 Å². The summed E-state index contributed by atoms with van der Waals surface area (Å²) in [5, 5.41) is 0. The van der Waals surface area contributed by atoms with E-state index in [9.17, 15) is 4.79 Å². The molecule has 1 saturated heterocycles. The van der Waals surface area contributed by atoms with Crippen LogP contribution in [-0.4, -0.2) is 43.2 Å². The number of rotatable bonds is 5. The van der Waals surface area contributed by atoms with E-state index >= 15 is 0 Å². The number of carbonyl (C=O) groups is 1. The number of primary amides is 1. The molecule has 0 radical (unpaired) electrons. The molecule has 21 heavy (non-hydrogen) atoms. The number of carbonyl (C=O) groups excluding carboxylic acids is 1. The highest BCUT2D eigenvalue weighted by molar-refractivity contribution is 5.85. The first kappa shape index (κ1) is 15.9. The molecule has 0 saturated carbocycles. The molecule has 5 nitrogen and oxygen atoms in total. The van der Waals surface area contributed by atoms with E-state index in [0.717, 1.165) is 38.2 Å². The summed E-state index contributed by atoms with van der Waals surface area (Å²) in [5.74, 6) is -0.479. The maximum Gasteiger partial charge on any atom is 0.242 e. The van der Waals surface area contributed by atoms with Gasteiger partial charge in [-0.2, -0.15) is 0 Å². The fourth-order valence-electron chi connectivity index (χ4n) is 2.76. The van der Waals surface area contributed by atoms with E-state index in [-0.39, 0.29) is 6.10 Å². The Hall–Kier alpha value is -1.43. The number of ether oxygens (including phenoxy) is 1. The van der Waals surface area contributed by atoms with Gasteiger partial charge in [-0.15, -0.1) is 0 Å². The summed E-state index contributed by atoms with van der Waals surface area (Å²) in [4.78, 5) is 14.2. The minimum absolute atomic E-state index is 0.213. The molecule has 1 heterocycles. The molecular formula is C16H25N3O2. The van der Waals surface area contributed by atoms with Gasteiger partial charge in [0, 0.05) is 26.2 Å². The van der Waals surface area contributed by atoms with Crippen molar-refractivity contribution in [3.63, 3.8) is 0 Å². The third-order valence-corrected chi connectivity index (χ3v) is 4.09. The van der Waals surface area contributed by atoms with Crippen molar-refractivity contribution in [1.29, 1.82) is 0 Å². The zero-order valence-electron chi connectivity index (χ0n) is 12.6. The molecule has 1 aromatic rings. The Morgan fingerprint density at radius 1 is 1.43 bits per heavy atom. The molecule has 1 aliphatic rings. The van der Waals surface area contributed by atoms with Crippen LogP contribution in [0, 0.1) is 0 Å². The van der Waals surface area contributed by atoms with Gasteiger partial charge in [-0.25, -0.2) is 0 Å². The molecule has 2 rings (SSSR count). The maximum absolute atomic E-state index is 11.9. The Labute approximate surface area is 126 Å². The van der Waals surface area contributed by atoms with Crippen molar-refractivity contribution in [1.82, 2.24) is 4.90 Å². The summed E-state index contributed by atoms with van der Waals surface area (Å²) < 4.78 is 5.63. The second-order valence-corrected chi connectivity index (χ2v) is 5.79. The van der Waals surface area contributed by atoms with Crippen molar-refractivity contribution >= 4 is 5.91 Å². The lowest BCUT2D eigenvalue weighted by Crippen LogP contribution is -2.51. The van der Waals surface area contributed by atoms with Crippen LogP contribution in [0.1, 0.15) is 25.3 Å². The topological polar surface area (TPSA) is 81.6 Å². The van der Waals surface area contributed by atoms with Gasteiger partial charge in [0.25, 0.3) is 0 Å². The molecule has 0 aromatic heterocycles. The number of amides is 1. The van der Waals surface area contributed by atoms with Crippen molar-refractivity contribution in [3.05, 3.63) is 35.9 Å². The predicted molar refractivity (Wildman–Crippen MR) is 82.6 cm³/mol. The number of nitrogens with zero attached hydrogens (tertiary/aromatic N) is 1. The predicted octanol–water partition coefficient (Wildman–Crippen LogP) is 0.827. The quantitative estimate of drug-likeness (QED) is 0.842. The van der Waals surface area contributed by atoms with Gasteiger partial charge < -0.3 is 21.1 Å². The van der Waals surface area contributed by atoms with Crippen LogP contribution in [-0.2, 0) is 15.1 Å². The van der Waals surface area contributed by atoms with Crippen LogP contribution in [0.2, 0.25) is 0 Å². The largest absolute Gasteiger partial charge is 0.377 e. The molecule has 0 aliphatic carbocycles. The monoisotopic (exact) mass is 291 g/mol. The van der Waals surface area contributed by atoms with E-state index in [0.29, 0.717) is 6.42 Å². The molecule has 2 unspecified atom stereocenters. The fourth-order valence-corrected chi connectivity index (χ4v) is 2.76. The highest BCUT2D eigenvalue weighted by atomic mass is 16.5. The number of nitrogens with two attached hydrogens (primary N) is 2. The minimum atomic E-state index is -1.11. The number of benzene rings is 1. The first-order valence-corrected chi connectivity index (χ1v) is 7.50. The van der Waals surface area contributed by atoms with Crippen molar-refractivity contribution in [2.45, 2.75) is 31.4 Å². The Kier molecular flexibility index (Phi) is 5.33. The Balaban J connectivity index is 2.05. The lowest BCUT2D eigenvalue weighted by atomic mass is 9.86.